The molecule has 0 bridgehead atoms. The quantitative estimate of drug-likeness (QED) is 0.751. The van der Waals surface area contributed by atoms with Gasteiger partial charge < -0.3 is 10.2 Å². The highest BCUT2D eigenvalue weighted by molar-refractivity contribution is 7.80. The minimum atomic E-state index is -0.222. The van der Waals surface area contributed by atoms with Gasteiger partial charge in [-0.25, -0.2) is 4.39 Å². The van der Waals surface area contributed by atoms with Gasteiger partial charge in [-0.15, -0.1) is 0 Å². The van der Waals surface area contributed by atoms with E-state index in [2.05, 4.69) is 36.5 Å². The standard InChI is InChI=1S/C19H23FN2S/c1-3-4-5-15-8-12-18(13-9-15)21-19(23)22(2)14-16-6-10-17(20)11-7-16/h6-13H,3-5,14H2,1-2H3,(H,21,23). The molecule has 122 valence electrons. The van der Waals surface area contributed by atoms with Gasteiger partial charge in [-0.3, -0.25) is 0 Å². The molecular formula is C19H23FN2S. The van der Waals surface area contributed by atoms with E-state index in [9.17, 15) is 4.39 Å². The Balaban J connectivity index is 1.88. The summed E-state index contributed by atoms with van der Waals surface area (Å²) in [5.41, 5.74) is 3.36. The van der Waals surface area contributed by atoms with Crippen molar-refractivity contribution in [2.75, 3.05) is 12.4 Å². The Labute approximate surface area is 143 Å². The molecule has 0 fully saturated rings. The number of halogens is 1. The van der Waals surface area contributed by atoms with Crippen LogP contribution in [0.1, 0.15) is 30.9 Å². The van der Waals surface area contributed by atoms with Gasteiger partial charge >= 0.3 is 0 Å². The van der Waals surface area contributed by atoms with Gasteiger partial charge in [-0.1, -0.05) is 37.6 Å². The highest BCUT2D eigenvalue weighted by Gasteiger charge is 2.06. The van der Waals surface area contributed by atoms with Crippen LogP contribution in [-0.2, 0) is 13.0 Å². The Morgan fingerprint density at radius 2 is 1.65 bits per heavy atom. The zero-order chi connectivity index (χ0) is 16.7. The molecule has 0 aliphatic carbocycles. The fourth-order valence-corrected chi connectivity index (χ4v) is 2.47. The monoisotopic (exact) mass is 330 g/mol. The van der Waals surface area contributed by atoms with Crippen molar-refractivity contribution in [1.29, 1.82) is 0 Å². The van der Waals surface area contributed by atoms with Crippen LogP contribution in [-0.4, -0.2) is 17.1 Å². The molecule has 0 amide bonds. The normalized spacial score (nSPS) is 10.4. The number of hydrogen-bond acceptors (Lipinski definition) is 1. The van der Waals surface area contributed by atoms with Crippen LogP contribution in [0.5, 0.6) is 0 Å². The second-order valence-electron chi connectivity index (χ2n) is 5.71. The van der Waals surface area contributed by atoms with Gasteiger partial charge in [0.05, 0.1) is 0 Å². The summed E-state index contributed by atoms with van der Waals surface area (Å²) in [5, 5.41) is 3.89. The second kappa shape index (κ2) is 8.63. The Bertz CT molecular complexity index is 623. The van der Waals surface area contributed by atoms with E-state index in [1.165, 1.54) is 30.5 Å². The molecule has 23 heavy (non-hydrogen) atoms. The van der Waals surface area contributed by atoms with Crippen LogP contribution >= 0.6 is 12.2 Å². The van der Waals surface area contributed by atoms with Crippen molar-refractivity contribution < 1.29 is 4.39 Å². The zero-order valence-corrected chi connectivity index (χ0v) is 14.5. The molecule has 2 aromatic rings. The topological polar surface area (TPSA) is 15.3 Å². The van der Waals surface area contributed by atoms with E-state index in [1.807, 2.05) is 11.9 Å². The van der Waals surface area contributed by atoms with E-state index in [0.29, 0.717) is 11.7 Å². The van der Waals surface area contributed by atoms with E-state index in [-0.39, 0.29) is 5.82 Å². The first-order valence-corrected chi connectivity index (χ1v) is 8.35. The molecule has 0 saturated carbocycles. The summed E-state index contributed by atoms with van der Waals surface area (Å²) >= 11 is 5.43. The van der Waals surface area contributed by atoms with Crippen LogP contribution in [0.2, 0.25) is 0 Å². The minimum Gasteiger partial charge on any atom is -0.348 e. The summed E-state index contributed by atoms with van der Waals surface area (Å²) in [4.78, 5) is 1.94. The number of rotatable bonds is 6. The number of hydrogen-bond donors (Lipinski definition) is 1. The number of benzene rings is 2. The van der Waals surface area contributed by atoms with E-state index in [4.69, 9.17) is 12.2 Å². The minimum absolute atomic E-state index is 0.222. The maximum Gasteiger partial charge on any atom is 0.173 e. The highest BCUT2D eigenvalue weighted by atomic mass is 32.1. The number of aryl methyl sites for hydroxylation is 1. The third-order valence-electron chi connectivity index (χ3n) is 3.70. The van der Waals surface area contributed by atoms with Gasteiger partial charge in [0.2, 0.25) is 0 Å². The van der Waals surface area contributed by atoms with Gasteiger partial charge in [-0.05, 0) is 60.5 Å². The third-order valence-corrected chi connectivity index (χ3v) is 4.12. The summed E-state index contributed by atoms with van der Waals surface area (Å²) in [7, 11) is 1.92. The number of unbranched alkanes of at least 4 members (excludes halogenated alkanes) is 1. The Morgan fingerprint density at radius 1 is 1.04 bits per heavy atom. The maximum absolute atomic E-state index is 12.9. The van der Waals surface area contributed by atoms with Gasteiger partial charge in [0.25, 0.3) is 0 Å². The van der Waals surface area contributed by atoms with Crippen LogP contribution in [0.3, 0.4) is 0 Å². The van der Waals surface area contributed by atoms with Gasteiger partial charge in [0.1, 0.15) is 5.82 Å². The average molecular weight is 330 g/mol. The second-order valence-corrected chi connectivity index (χ2v) is 6.10. The molecule has 0 unspecified atom stereocenters. The maximum atomic E-state index is 12.9. The van der Waals surface area contributed by atoms with E-state index in [0.717, 1.165) is 17.7 Å². The van der Waals surface area contributed by atoms with Crippen molar-refractivity contribution in [3.63, 3.8) is 0 Å². The molecule has 0 aromatic heterocycles. The first kappa shape index (κ1) is 17.4. The van der Waals surface area contributed by atoms with Gasteiger partial charge in [0.15, 0.2) is 5.11 Å². The summed E-state index contributed by atoms with van der Waals surface area (Å²) in [6.07, 6.45) is 3.54. The first-order chi connectivity index (χ1) is 11.1. The Kier molecular flexibility index (Phi) is 6.53. The molecule has 0 heterocycles. The molecule has 1 N–H and O–H groups in total. The number of nitrogens with one attached hydrogen (secondary N) is 1. The number of anilines is 1. The summed E-state index contributed by atoms with van der Waals surface area (Å²) < 4.78 is 12.9. The van der Waals surface area contributed by atoms with Crippen LogP contribution in [0, 0.1) is 5.82 Å². The van der Waals surface area contributed by atoms with Crippen molar-refractivity contribution in [1.82, 2.24) is 4.90 Å². The van der Waals surface area contributed by atoms with Gasteiger partial charge in [-0.2, -0.15) is 0 Å². The molecule has 0 saturated heterocycles. The number of nitrogens with zero attached hydrogens (tertiary/aromatic N) is 1. The number of thiocarbonyl (C=S) groups is 1. The predicted molar refractivity (Wildman–Crippen MR) is 99.1 cm³/mol. The molecule has 0 atom stereocenters. The summed E-state index contributed by atoms with van der Waals surface area (Å²) in [6, 6.07) is 14.9. The molecule has 0 radical (unpaired) electrons. The van der Waals surface area contributed by atoms with Crippen molar-refractivity contribution in [2.24, 2.45) is 0 Å². The predicted octanol–water partition coefficient (Wildman–Crippen LogP) is 5.00. The molecule has 0 aliphatic rings. The van der Waals surface area contributed by atoms with Crippen molar-refractivity contribution in [3.8, 4) is 0 Å². The van der Waals surface area contributed by atoms with E-state index >= 15 is 0 Å². The van der Waals surface area contributed by atoms with Crippen LogP contribution in [0.25, 0.3) is 0 Å². The van der Waals surface area contributed by atoms with Crippen molar-refractivity contribution >= 4 is 23.0 Å². The molecular weight excluding hydrogens is 307 g/mol. The molecule has 2 rings (SSSR count). The third kappa shape index (κ3) is 5.64. The van der Waals surface area contributed by atoms with Crippen molar-refractivity contribution in [2.45, 2.75) is 32.7 Å². The Hall–Kier alpha value is -1.94. The molecule has 0 aliphatic heterocycles. The summed E-state index contributed by atoms with van der Waals surface area (Å²) in [6.45, 7) is 2.84. The van der Waals surface area contributed by atoms with E-state index < -0.39 is 0 Å². The Morgan fingerprint density at radius 3 is 2.26 bits per heavy atom. The molecule has 2 aromatic carbocycles. The SMILES string of the molecule is CCCCc1ccc(NC(=S)N(C)Cc2ccc(F)cc2)cc1. The lowest BCUT2D eigenvalue weighted by Crippen LogP contribution is -2.30. The molecule has 2 nitrogen and oxygen atoms in total. The largest absolute Gasteiger partial charge is 0.348 e. The lowest BCUT2D eigenvalue weighted by molar-refractivity contribution is 0.507. The fourth-order valence-electron chi connectivity index (χ4n) is 2.29. The van der Waals surface area contributed by atoms with E-state index in [1.54, 1.807) is 12.1 Å². The van der Waals surface area contributed by atoms with Crippen LogP contribution in [0.15, 0.2) is 48.5 Å². The van der Waals surface area contributed by atoms with Gasteiger partial charge in [0, 0.05) is 19.3 Å². The van der Waals surface area contributed by atoms with Crippen molar-refractivity contribution in [3.05, 3.63) is 65.5 Å². The first-order valence-electron chi connectivity index (χ1n) is 7.94. The lowest BCUT2D eigenvalue weighted by Gasteiger charge is -2.21. The smallest absolute Gasteiger partial charge is 0.173 e. The molecule has 4 heteroatoms. The summed E-state index contributed by atoms with van der Waals surface area (Å²) in [5.74, 6) is -0.222. The lowest BCUT2D eigenvalue weighted by atomic mass is 10.1. The molecule has 0 spiro atoms. The van der Waals surface area contributed by atoms with Crippen LogP contribution in [0.4, 0.5) is 10.1 Å². The zero-order valence-electron chi connectivity index (χ0n) is 13.7. The fraction of sp³-hybridized carbons (Fsp3) is 0.316. The average Bonchev–Trinajstić information content (AvgIpc) is 2.56. The van der Waals surface area contributed by atoms with Crippen LogP contribution < -0.4 is 5.32 Å². The highest BCUT2D eigenvalue weighted by Crippen LogP contribution is 2.13.